The van der Waals surface area contributed by atoms with E-state index >= 15 is 0 Å². The van der Waals surface area contributed by atoms with Crippen LogP contribution in [0.4, 0.5) is 11.6 Å². The molecule has 1 heterocycles. The van der Waals surface area contributed by atoms with Gasteiger partial charge in [-0.3, -0.25) is 0 Å². The lowest BCUT2D eigenvalue weighted by Gasteiger charge is -2.05. The second-order valence-electron chi connectivity index (χ2n) is 3.30. The lowest BCUT2D eigenvalue weighted by molar-refractivity contribution is 1.11. The van der Waals surface area contributed by atoms with Crippen LogP contribution >= 0.6 is 23.2 Å². The van der Waals surface area contributed by atoms with E-state index < -0.39 is 0 Å². The molecule has 0 aliphatic heterocycles. The molecule has 0 spiro atoms. The molecule has 0 amide bonds. The Labute approximate surface area is 103 Å². The summed E-state index contributed by atoms with van der Waals surface area (Å²) in [6, 6.07) is 7.03. The number of hydrogen-bond acceptors (Lipinski definition) is 3. The summed E-state index contributed by atoms with van der Waals surface area (Å²) in [7, 11) is 0. The third kappa shape index (κ3) is 2.84. The van der Waals surface area contributed by atoms with E-state index in [0.717, 1.165) is 11.4 Å². The smallest absolute Gasteiger partial charge is 0.227 e. The van der Waals surface area contributed by atoms with Gasteiger partial charge in [-0.1, -0.05) is 23.2 Å². The molecule has 2 rings (SSSR count). The van der Waals surface area contributed by atoms with Gasteiger partial charge in [0.05, 0.1) is 0 Å². The van der Waals surface area contributed by atoms with Gasteiger partial charge in [-0.2, -0.15) is 0 Å². The third-order valence-corrected chi connectivity index (χ3v) is 2.35. The predicted molar refractivity (Wildman–Crippen MR) is 66.5 cm³/mol. The predicted octanol–water partition coefficient (Wildman–Crippen LogP) is 3.84. The Bertz CT molecular complexity index is 494. The minimum Gasteiger partial charge on any atom is -0.324 e. The molecule has 2 aromatic rings. The van der Waals surface area contributed by atoms with E-state index in [-0.39, 0.29) is 0 Å². The highest BCUT2D eigenvalue weighted by molar-refractivity contribution is 6.35. The van der Waals surface area contributed by atoms with E-state index in [1.54, 1.807) is 24.4 Å². The topological polar surface area (TPSA) is 37.8 Å². The minimum absolute atomic E-state index is 0.526. The van der Waals surface area contributed by atoms with Crippen molar-refractivity contribution in [3.8, 4) is 0 Å². The van der Waals surface area contributed by atoms with Crippen molar-refractivity contribution in [2.45, 2.75) is 6.92 Å². The van der Waals surface area contributed by atoms with Crippen LogP contribution in [-0.2, 0) is 0 Å². The molecule has 1 N–H and O–H groups in total. The van der Waals surface area contributed by atoms with Gasteiger partial charge in [0.1, 0.15) is 0 Å². The fourth-order valence-electron chi connectivity index (χ4n) is 1.26. The Hall–Kier alpha value is -1.32. The van der Waals surface area contributed by atoms with E-state index in [1.165, 1.54) is 0 Å². The van der Waals surface area contributed by atoms with E-state index in [9.17, 15) is 0 Å². The Morgan fingerprint density at radius 2 is 1.81 bits per heavy atom. The SMILES string of the molecule is Cc1ccnc(Nc2cc(Cl)cc(Cl)c2)n1. The van der Waals surface area contributed by atoms with Gasteiger partial charge < -0.3 is 5.32 Å². The highest BCUT2D eigenvalue weighted by Gasteiger charge is 2.00. The molecule has 0 bridgehead atoms. The van der Waals surface area contributed by atoms with Crippen molar-refractivity contribution in [3.05, 3.63) is 46.2 Å². The Kier molecular flexibility index (Phi) is 3.27. The fourth-order valence-corrected chi connectivity index (χ4v) is 1.79. The molecule has 0 atom stereocenters. The highest BCUT2D eigenvalue weighted by atomic mass is 35.5. The maximum atomic E-state index is 5.88. The van der Waals surface area contributed by atoms with Crippen molar-refractivity contribution < 1.29 is 0 Å². The first-order valence-electron chi connectivity index (χ1n) is 4.66. The van der Waals surface area contributed by atoms with Gasteiger partial charge in [0.15, 0.2) is 0 Å². The Balaban J connectivity index is 2.27. The number of rotatable bonds is 2. The largest absolute Gasteiger partial charge is 0.324 e. The van der Waals surface area contributed by atoms with Crippen LogP contribution in [0.2, 0.25) is 10.0 Å². The van der Waals surface area contributed by atoms with Crippen LogP contribution in [0.25, 0.3) is 0 Å². The van der Waals surface area contributed by atoms with Crippen molar-refractivity contribution in [2.75, 3.05) is 5.32 Å². The van der Waals surface area contributed by atoms with Crippen molar-refractivity contribution in [3.63, 3.8) is 0 Å². The molecule has 82 valence electrons. The first kappa shape index (κ1) is 11.2. The lowest BCUT2D eigenvalue weighted by atomic mass is 10.3. The van der Waals surface area contributed by atoms with Crippen LogP contribution in [0.15, 0.2) is 30.5 Å². The van der Waals surface area contributed by atoms with Gasteiger partial charge in [0.25, 0.3) is 0 Å². The fraction of sp³-hybridized carbons (Fsp3) is 0.0909. The van der Waals surface area contributed by atoms with Crippen LogP contribution < -0.4 is 5.32 Å². The van der Waals surface area contributed by atoms with Gasteiger partial charge in [-0.25, -0.2) is 9.97 Å². The van der Waals surface area contributed by atoms with Crippen LogP contribution in [0.3, 0.4) is 0 Å². The van der Waals surface area contributed by atoms with Gasteiger partial charge in [-0.05, 0) is 31.2 Å². The number of anilines is 2. The average molecular weight is 254 g/mol. The number of hydrogen-bond donors (Lipinski definition) is 1. The molecule has 0 aliphatic rings. The molecule has 0 unspecified atom stereocenters. The summed E-state index contributed by atoms with van der Waals surface area (Å²) in [6.45, 7) is 1.90. The summed E-state index contributed by atoms with van der Waals surface area (Å²) >= 11 is 11.8. The van der Waals surface area contributed by atoms with Crippen molar-refractivity contribution >= 4 is 34.8 Å². The van der Waals surface area contributed by atoms with Crippen molar-refractivity contribution in [1.29, 1.82) is 0 Å². The third-order valence-electron chi connectivity index (χ3n) is 1.91. The van der Waals surface area contributed by atoms with Gasteiger partial charge in [0.2, 0.25) is 5.95 Å². The normalized spacial score (nSPS) is 10.2. The molecular weight excluding hydrogens is 245 g/mol. The first-order valence-corrected chi connectivity index (χ1v) is 5.42. The molecule has 0 radical (unpaired) electrons. The molecule has 0 aliphatic carbocycles. The second kappa shape index (κ2) is 4.68. The molecule has 0 saturated heterocycles. The molecule has 3 nitrogen and oxygen atoms in total. The maximum Gasteiger partial charge on any atom is 0.227 e. The monoisotopic (exact) mass is 253 g/mol. The van der Waals surface area contributed by atoms with Gasteiger partial charge in [-0.15, -0.1) is 0 Å². The van der Waals surface area contributed by atoms with Crippen LogP contribution in [-0.4, -0.2) is 9.97 Å². The number of aromatic nitrogens is 2. The lowest BCUT2D eigenvalue weighted by Crippen LogP contribution is -1.97. The number of nitrogens with zero attached hydrogens (tertiary/aromatic N) is 2. The molecule has 1 aromatic heterocycles. The summed E-state index contributed by atoms with van der Waals surface area (Å²) in [5.74, 6) is 0.526. The van der Waals surface area contributed by atoms with E-state index in [1.807, 2.05) is 13.0 Å². The summed E-state index contributed by atoms with van der Waals surface area (Å²) in [4.78, 5) is 8.31. The van der Waals surface area contributed by atoms with E-state index in [4.69, 9.17) is 23.2 Å². The molecule has 0 saturated carbocycles. The Morgan fingerprint density at radius 1 is 1.12 bits per heavy atom. The zero-order chi connectivity index (χ0) is 11.5. The summed E-state index contributed by atoms with van der Waals surface area (Å²) in [5, 5.41) is 4.18. The summed E-state index contributed by atoms with van der Waals surface area (Å²) < 4.78 is 0. The number of benzene rings is 1. The number of aryl methyl sites for hydroxylation is 1. The second-order valence-corrected chi connectivity index (χ2v) is 4.18. The van der Waals surface area contributed by atoms with E-state index in [0.29, 0.717) is 16.0 Å². The molecule has 1 aromatic carbocycles. The minimum atomic E-state index is 0.526. The van der Waals surface area contributed by atoms with Gasteiger partial charge in [0, 0.05) is 27.6 Å². The standard InChI is InChI=1S/C11H9Cl2N3/c1-7-2-3-14-11(15-7)16-10-5-8(12)4-9(13)6-10/h2-6H,1H3,(H,14,15,16). The van der Waals surface area contributed by atoms with Crippen LogP contribution in [0, 0.1) is 6.92 Å². The average Bonchev–Trinajstić information content (AvgIpc) is 2.15. The van der Waals surface area contributed by atoms with Crippen molar-refractivity contribution in [1.82, 2.24) is 9.97 Å². The number of nitrogens with one attached hydrogen (secondary N) is 1. The summed E-state index contributed by atoms with van der Waals surface area (Å²) in [5.41, 5.74) is 1.66. The van der Waals surface area contributed by atoms with Gasteiger partial charge >= 0.3 is 0 Å². The molecule has 16 heavy (non-hydrogen) atoms. The number of halogens is 2. The summed E-state index contributed by atoms with van der Waals surface area (Å²) in [6.07, 6.45) is 1.69. The zero-order valence-corrected chi connectivity index (χ0v) is 10.0. The maximum absolute atomic E-state index is 5.88. The molecule has 0 fully saturated rings. The first-order chi connectivity index (χ1) is 7.63. The zero-order valence-electron chi connectivity index (χ0n) is 8.54. The quantitative estimate of drug-likeness (QED) is 0.884. The van der Waals surface area contributed by atoms with Crippen LogP contribution in [0.5, 0.6) is 0 Å². The molecule has 5 heteroatoms. The Morgan fingerprint density at radius 3 is 2.44 bits per heavy atom. The van der Waals surface area contributed by atoms with E-state index in [2.05, 4.69) is 15.3 Å². The molecular formula is C11H9Cl2N3. The van der Waals surface area contributed by atoms with Crippen LogP contribution in [0.1, 0.15) is 5.69 Å². The highest BCUT2D eigenvalue weighted by Crippen LogP contribution is 2.23. The van der Waals surface area contributed by atoms with Crippen molar-refractivity contribution in [2.24, 2.45) is 0 Å².